The van der Waals surface area contributed by atoms with E-state index in [0.29, 0.717) is 30.3 Å². The van der Waals surface area contributed by atoms with Crippen LogP contribution < -0.4 is 9.47 Å². The van der Waals surface area contributed by atoms with Crippen LogP contribution in [0.15, 0.2) is 47.5 Å². The molecule has 2 rings (SSSR count). The first kappa shape index (κ1) is 14.9. The van der Waals surface area contributed by atoms with Crippen LogP contribution in [0.25, 0.3) is 0 Å². The highest BCUT2D eigenvalue weighted by Crippen LogP contribution is 2.31. The Hall–Kier alpha value is -2.49. The molecule has 0 saturated heterocycles. The maximum atomic E-state index is 9.71. The lowest BCUT2D eigenvalue weighted by atomic mass is 10.2. The summed E-state index contributed by atoms with van der Waals surface area (Å²) in [4.78, 5) is 4.36. The van der Waals surface area contributed by atoms with Crippen LogP contribution in [0.2, 0.25) is 0 Å². The Labute approximate surface area is 124 Å². The number of phenols is 1. The van der Waals surface area contributed by atoms with Gasteiger partial charge in [0.25, 0.3) is 0 Å². The number of hydrogen-bond donors (Lipinski definition) is 1. The highest BCUT2D eigenvalue weighted by Gasteiger charge is 2.05. The predicted molar refractivity (Wildman–Crippen MR) is 84.1 cm³/mol. The summed E-state index contributed by atoms with van der Waals surface area (Å²) in [5, 5.41) is 9.71. The molecular weight excluding hydrogens is 266 g/mol. The molecule has 0 radical (unpaired) electrons. The molecule has 0 heterocycles. The van der Waals surface area contributed by atoms with Crippen molar-refractivity contribution in [3.05, 3.63) is 48.0 Å². The van der Waals surface area contributed by atoms with Crippen molar-refractivity contribution in [1.29, 1.82) is 0 Å². The van der Waals surface area contributed by atoms with E-state index in [-0.39, 0.29) is 5.75 Å². The van der Waals surface area contributed by atoms with Crippen LogP contribution in [0.3, 0.4) is 0 Å². The minimum atomic E-state index is 0.206. The molecule has 4 nitrogen and oxygen atoms in total. The first-order valence-electron chi connectivity index (χ1n) is 6.96. The number of hydrogen-bond acceptors (Lipinski definition) is 4. The van der Waals surface area contributed by atoms with Crippen LogP contribution >= 0.6 is 0 Å². The lowest BCUT2D eigenvalue weighted by molar-refractivity contribution is 0.288. The van der Waals surface area contributed by atoms with Crippen LogP contribution in [0.1, 0.15) is 19.4 Å². The molecule has 0 unspecified atom stereocenters. The number of aromatic hydroxyl groups is 1. The Morgan fingerprint density at radius 3 is 2.43 bits per heavy atom. The molecule has 0 bridgehead atoms. The standard InChI is InChI=1S/C17H19NO3/c1-3-20-16-10-9-14(11-17(16)21-4-2)18-12-13-7-5-6-8-15(13)19/h5-12,19H,3-4H2,1-2H3. The molecule has 0 fully saturated rings. The third kappa shape index (κ3) is 3.99. The molecule has 0 atom stereocenters. The minimum Gasteiger partial charge on any atom is -0.507 e. The maximum Gasteiger partial charge on any atom is 0.163 e. The number of rotatable bonds is 6. The van der Waals surface area contributed by atoms with Crippen LogP contribution in [0.4, 0.5) is 5.69 Å². The van der Waals surface area contributed by atoms with Gasteiger partial charge in [0.2, 0.25) is 0 Å². The fraction of sp³-hybridized carbons (Fsp3) is 0.235. The van der Waals surface area contributed by atoms with E-state index in [4.69, 9.17) is 9.47 Å². The van der Waals surface area contributed by atoms with E-state index in [1.54, 1.807) is 24.4 Å². The lowest BCUT2D eigenvalue weighted by Crippen LogP contribution is -1.97. The summed E-state index contributed by atoms with van der Waals surface area (Å²) in [6, 6.07) is 12.6. The number of nitrogens with zero attached hydrogens (tertiary/aromatic N) is 1. The average Bonchev–Trinajstić information content (AvgIpc) is 2.49. The molecular formula is C17H19NO3. The molecule has 0 saturated carbocycles. The van der Waals surface area contributed by atoms with E-state index < -0.39 is 0 Å². The summed E-state index contributed by atoms with van der Waals surface area (Å²) in [6.07, 6.45) is 1.63. The Bertz CT molecular complexity index is 623. The van der Waals surface area contributed by atoms with Crippen molar-refractivity contribution >= 4 is 11.9 Å². The van der Waals surface area contributed by atoms with Gasteiger partial charge in [-0.15, -0.1) is 0 Å². The maximum absolute atomic E-state index is 9.71. The van der Waals surface area contributed by atoms with Crippen LogP contribution in [-0.2, 0) is 0 Å². The third-order valence-corrected chi connectivity index (χ3v) is 2.82. The number of para-hydroxylation sites is 1. The number of phenolic OH excluding ortho intramolecular Hbond substituents is 1. The van der Waals surface area contributed by atoms with E-state index in [9.17, 15) is 5.11 Å². The molecule has 0 aliphatic heterocycles. The smallest absolute Gasteiger partial charge is 0.163 e. The molecule has 0 aliphatic rings. The quantitative estimate of drug-likeness (QED) is 0.818. The van der Waals surface area contributed by atoms with Gasteiger partial charge in [0, 0.05) is 17.8 Å². The highest BCUT2D eigenvalue weighted by molar-refractivity contribution is 5.85. The van der Waals surface area contributed by atoms with Crippen molar-refractivity contribution < 1.29 is 14.6 Å². The zero-order chi connectivity index (χ0) is 15.1. The Morgan fingerprint density at radius 1 is 1.00 bits per heavy atom. The van der Waals surface area contributed by atoms with Gasteiger partial charge in [-0.2, -0.15) is 0 Å². The van der Waals surface area contributed by atoms with E-state index >= 15 is 0 Å². The second kappa shape index (κ2) is 7.33. The van der Waals surface area contributed by atoms with Gasteiger partial charge in [0.15, 0.2) is 11.5 Å². The lowest BCUT2D eigenvalue weighted by Gasteiger charge is -2.10. The largest absolute Gasteiger partial charge is 0.507 e. The summed E-state index contributed by atoms with van der Waals surface area (Å²) >= 11 is 0. The molecule has 4 heteroatoms. The summed E-state index contributed by atoms with van der Waals surface area (Å²) in [5.74, 6) is 1.59. The van der Waals surface area contributed by atoms with Gasteiger partial charge in [-0.1, -0.05) is 12.1 Å². The number of ether oxygens (including phenoxy) is 2. The molecule has 0 aliphatic carbocycles. The monoisotopic (exact) mass is 285 g/mol. The SMILES string of the molecule is CCOc1ccc(N=Cc2ccccc2O)cc1OCC. The summed E-state index contributed by atoms with van der Waals surface area (Å²) in [5.41, 5.74) is 1.41. The van der Waals surface area contributed by atoms with Gasteiger partial charge in [-0.3, -0.25) is 4.99 Å². The first-order chi connectivity index (χ1) is 10.2. The van der Waals surface area contributed by atoms with Crippen LogP contribution in [0.5, 0.6) is 17.2 Å². The zero-order valence-electron chi connectivity index (χ0n) is 12.2. The second-order valence-corrected chi connectivity index (χ2v) is 4.31. The van der Waals surface area contributed by atoms with E-state index in [2.05, 4.69) is 4.99 Å². The Morgan fingerprint density at radius 2 is 1.71 bits per heavy atom. The summed E-state index contributed by atoms with van der Waals surface area (Å²) in [7, 11) is 0. The van der Waals surface area contributed by atoms with Crippen molar-refractivity contribution in [3.63, 3.8) is 0 Å². The van der Waals surface area contributed by atoms with Gasteiger partial charge in [-0.05, 0) is 38.1 Å². The van der Waals surface area contributed by atoms with E-state index in [1.807, 2.05) is 38.1 Å². The van der Waals surface area contributed by atoms with Crippen LogP contribution in [-0.4, -0.2) is 24.5 Å². The number of aliphatic imine (C=N–C) groups is 1. The first-order valence-corrected chi connectivity index (χ1v) is 6.96. The minimum absolute atomic E-state index is 0.206. The highest BCUT2D eigenvalue weighted by atomic mass is 16.5. The molecule has 0 amide bonds. The third-order valence-electron chi connectivity index (χ3n) is 2.82. The van der Waals surface area contributed by atoms with E-state index in [1.165, 1.54) is 0 Å². The summed E-state index contributed by atoms with van der Waals surface area (Å²) < 4.78 is 11.1. The van der Waals surface area contributed by atoms with Crippen molar-refractivity contribution in [1.82, 2.24) is 0 Å². The molecule has 0 aromatic heterocycles. The van der Waals surface area contributed by atoms with Crippen molar-refractivity contribution in [2.24, 2.45) is 4.99 Å². The van der Waals surface area contributed by atoms with Crippen molar-refractivity contribution in [2.75, 3.05) is 13.2 Å². The van der Waals surface area contributed by atoms with Crippen molar-refractivity contribution in [2.45, 2.75) is 13.8 Å². The molecule has 1 N–H and O–H groups in total. The van der Waals surface area contributed by atoms with Crippen molar-refractivity contribution in [3.8, 4) is 17.2 Å². The van der Waals surface area contributed by atoms with Gasteiger partial charge < -0.3 is 14.6 Å². The Balaban J connectivity index is 2.24. The molecule has 21 heavy (non-hydrogen) atoms. The molecule has 2 aromatic carbocycles. The zero-order valence-corrected chi connectivity index (χ0v) is 12.2. The molecule has 2 aromatic rings. The topological polar surface area (TPSA) is 51.0 Å². The fourth-order valence-electron chi connectivity index (χ4n) is 1.86. The Kier molecular flexibility index (Phi) is 5.21. The van der Waals surface area contributed by atoms with Gasteiger partial charge >= 0.3 is 0 Å². The molecule has 110 valence electrons. The fourth-order valence-corrected chi connectivity index (χ4v) is 1.86. The summed E-state index contributed by atoms with van der Waals surface area (Å²) in [6.45, 7) is 5.00. The van der Waals surface area contributed by atoms with Gasteiger partial charge in [0.05, 0.1) is 18.9 Å². The van der Waals surface area contributed by atoms with Crippen LogP contribution in [0, 0.1) is 0 Å². The molecule has 0 spiro atoms. The predicted octanol–water partition coefficient (Wildman–Crippen LogP) is 3.94. The second-order valence-electron chi connectivity index (χ2n) is 4.31. The van der Waals surface area contributed by atoms with Gasteiger partial charge in [0.1, 0.15) is 5.75 Å². The normalized spacial score (nSPS) is 10.8. The average molecular weight is 285 g/mol. The van der Waals surface area contributed by atoms with E-state index in [0.717, 1.165) is 5.69 Å². The number of benzene rings is 2. The van der Waals surface area contributed by atoms with Gasteiger partial charge in [-0.25, -0.2) is 0 Å².